The third kappa shape index (κ3) is 4.59. The molecule has 9 nitrogen and oxygen atoms in total. The zero-order chi connectivity index (χ0) is 24.5. The first-order valence-corrected chi connectivity index (χ1v) is 11.7. The van der Waals surface area contributed by atoms with Crippen LogP contribution in [0.25, 0.3) is 33.4 Å². The highest BCUT2D eigenvalue weighted by atomic mass is 35.5. The van der Waals surface area contributed by atoms with E-state index in [0.717, 1.165) is 16.6 Å². The lowest BCUT2D eigenvalue weighted by atomic mass is 10.0. The van der Waals surface area contributed by atoms with Gasteiger partial charge in [-0.25, -0.2) is 9.97 Å². The summed E-state index contributed by atoms with van der Waals surface area (Å²) in [5, 5.41) is 6.94. The number of amides is 1. The number of benzene rings is 1. The molecule has 3 aromatic heterocycles. The average molecular weight is 490 g/mol. The van der Waals surface area contributed by atoms with E-state index in [1.807, 2.05) is 19.1 Å². The molecule has 1 aliphatic heterocycles. The van der Waals surface area contributed by atoms with Gasteiger partial charge in [0, 0.05) is 66.1 Å². The standard InChI is InChI=1S/C25H24ClN7O2/c1-14-10-28-13-21(31-14)16-3-4-18(20(26)9-16)19-8-17-12-30-25(27-2)32-23(17)33(24(19)35)6-5-15-7-22(34)29-11-15/h3-4,8-10,12-13,15H,5-7,11H2,1-2H3,(H,29,34)(H,27,30,32). The first-order chi connectivity index (χ1) is 16.9. The van der Waals surface area contributed by atoms with Crippen LogP contribution in [-0.2, 0) is 11.3 Å². The van der Waals surface area contributed by atoms with Crippen molar-refractivity contribution in [1.29, 1.82) is 0 Å². The van der Waals surface area contributed by atoms with E-state index in [1.165, 1.54) is 0 Å². The molecule has 35 heavy (non-hydrogen) atoms. The van der Waals surface area contributed by atoms with E-state index in [2.05, 4.69) is 30.6 Å². The minimum absolute atomic E-state index is 0.0471. The van der Waals surface area contributed by atoms with Gasteiger partial charge in [-0.05, 0) is 31.4 Å². The van der Waals surface area contributed by atoms with Crippen LogP contribution in [0.15, 0.2) is 47.7 Å². The predicted molar refractivity (Wildman–Crippen MR) is 135 cm³/mol. The maximum Gasteiger partial charge on any atom is 0.260 e. The third-order valence-electron chi connectivity index (χ3n) is 6.18. The smallest absolute Gasteiger partial charge is 0.260 e. The Morgan fingerprint density at radius 1 is 1.14 bits per heavy atom. The zero-order valence-corrected chi connectivity index (χ0v) is 20.1. The Morgan fingerprint density at radius 3 is 2.71 bits per heavy atom. The Kier molecular flexibility index (Phi) is 6.17. The molecule has 0 radical (unpaired) electrons. The SMILES string of the molecule is CNc1ncc2cc(-c3ccc(-c4cncc(C)n4)cc3Cl)c(=O)n(CCC3CNC(=O)C3)c2n1. The molecule has 1 aliphatic rings. The Labute approximate surface area is 206 Å². The molecule has 1 atom stereocenters. The maximum absolute atomic E-state index is 13.7. The number of carbonyl (C=O) groups excluding carboxylic acids is 1. The Morgan fingerprint density at radius 2 is 2.00 bits per heavy atom. The normalized spacial score (nSPS) is 15.4. The lowest BCUT2D eigenvalue weighted by Gasteiger charge is -2.15. The Bertz CT molecular complexity index is 1500. The number of anilines is 1. The number of nitrogens with zero attached hydrogens (tertiary/aromatic N) is 5. The van der Waals surface area contributed by atoms with Gasteiger partial charge in [-0.1, -0.05) is 23.7 Å². The second-order valence-electron chi connectivity index (χ2n) is 8.64. The zero-order valence-electron chi connectivity index (χ0n) is 19.4. The van der Waals surface area contributed by atoms with E-state index >= 15 is 0 Å². The number of pyridine rings is 1. The van der Waals surface area contributed by atoms with Crippen LogP contribution in [0.5, 0.6) is 0 Å². The quantitative estimate of drug-likeness (QED) is 0.426. The fraction of sp³-hybridized carbons (Fsp3) is 0.280. The number of nitrogens with one attached hydrogen (secondary N) is 2. The molecule has 1 unspecified atom stereocenters. The number of rotatable bonds is 6. The van der Waals surface area contributed by atoms with E-state index in [1.54, 1.807) is 42.3 Å². The average Bonchev–Trinajstić information content (AvgIpc) is 3.28. The predicted octanol–water partition coefficient (Wildman–Crippen LogP) is 3.45. The number of fused-ring (bicyclic) bond motifs is 1. The van der Waals surface area contributed by atoms with Crippen LogP contribution in [0, 0.1) is 12.8 Å². The molecular weight excluding hydrogens is 466 g/mol. The van der Waals surface area contributed by atoms with E-state index in [-0.39, 0.29) is 17.4 Å². The number of aryl methyl sites for hydroxylation is 2. The van der Waals surface area contributed by atoms with Crippen LogP contribution in [-0.4, -0.2) is 44.0 Å². The van der Waals surface area contributed by atoms with Gasteiger partial charge >= 0.3 is 0 Å². The summed E-state index contributed by atoms with van der Waals surface area (Å²) in [7, 11) is 1.73. The minimum atomic E-state index is -0.194. The molecule has 1 aromatic carbocycles. The molecule has 0 saturated carbocycles. The lowest BCUT2D eigenvalue weighted by molar-refractivity contribution is -0.119. The van der Waals surface area contributed by atoms with Gasteiger partial charge in [-0.2, -0.15) is 4.98 Å². The molecule has 1 fully saturated rings. The Balaban J connectivity index is 1.59. The van der Waals surface area contributed by atoms with Crippen molar-refractivity contribution in [3.05, 3.63) is 63.9 Å². The summed E-state index contributed by atoms with van der Waals surface area (Å²) in [6.07, 6.45) is 6.21. The Hall–Kier alpha value is -3.85. The highest BCUT2D eigenvalue weighted by Gasteiger charge is 2.22. The van der Waals surface area contributed by atoms with Gasteiger partial charge in [0.2, 0.25) is 11.9 Å². The van der Waals surface area contributed by atoms with Gasteiger partial charge in [-0.15, -0.1) is 0 Å². The van der Waals surface area contributed by atoms with Gasteiger partial charge < -0.3 is 10.6 Å². The molecule has 2 N–H and O–H groups in total. The molecule has 0 aliphatic carbocycles. The van der Waals surface area contributed by atoms with E-state index < -0.39 is 0 Å². The van der Waals surface area contributed by atoms with Crippen molar-refractivity contribution in [1.82, 2.24) is 29.8 Å². The summed E-state index contributed by atoms with van der Waals surface area (Å²) in [5.74, 6) is 0.653. The summed E-state index contributed by atoms with van der Waals surface area (Å²) in [4.78, 5) is 42.9. The number of carbonyl (C=O) groups is 1. The summed E-state index contributed by atoms with van der Waals surface area (Å²) in [6, 6.07) is 7.29. The molecule has 1 amide bonds. The van der Waals surface area contributed by atoms with Crippen molar-refractivity contribution in [2.24, 2.45) is 5.92 Å². The van der Waals surface area contributed by atoms with E-state index in [4.69, 9.17) is 11.6 Å². The number of aromatic nitrogens is 5. The van der Waals surface area contributed by atoms with Gasteiger partial charge in [0.05, 0.1) is 17.6 Å². The van der Waals surface area contributed by atoms with Crippen molar-refractivity contribution in [2.75, 3.05) is 18.9 Å². The van der Waals surface area contributed by atoms with Crippen LogP contribution >= 0.6 is 11.6 Å². The molecule has 10 heteroatoms. The van der Waals surface area contributed by atoms with Crippen molar-refractivity contribution in [3.8, 4) is 22.4 Å². The fourth-order valence-electron chi connectivity index (χ4n) is 4.36. The summed E-state index contributed by atoms with van der Waals surface area (Å²) < 4.78 is 1.66. The highest BCUT2D eigenvalue weighted by molar-refractivity contribution is 6.33. The van der Waals surface area contributed by atoms with Gasteiger partial charge in [-0.3, -0.25) is 19.1 Å². The highest BCUT2D eigenvalue weighted by Crippen LogP contribution is 2.31. The molecule has 5 rings (SSSR count). The van der Waals surface area contributed by atoms with Crippen molar-refractivity contribution < 1.29 is 4.79 Å². The number of halogens is 1. The van der Waals surface area contributed by atoms with Crippen molar-refractivity contribution in [2.45, 2.75) is 26.3 Å². The molecule has 0 bridgehead atoms. The third-order valence-corrected chi connectivity index (χ3v) is 6.50. The molecule has 1 saturated heterocycles. The molecule has 4 heterocycles. The monoisotopic (exact) mass is 489 g/mol. The molecular formula is C25H24ClN7O2. The van der Waals surface area contributed by atoms with E-state index in [0.29, 0.717) is 59.4 Å². The fourth-order valence-corrected chi connectivity index (χ4v) is 4.64. The second-order valence-corrected chi connectivity index (χ2v) is 9.05. The topological polar surface area (TPSA) is 115 Å². The summed E-state index contributed by atoms with van der Waals surface area (Å²) >= 11 is 6.69. The minimum Gasteiger partial charge on any atom is -0.357 e. The largest absolute Gasteiger partial charge is 0.357 e. The summed E-state index contributed by atoms with van der Waals surface area (Å²) in [5.41, 5.74) is 3.76. The van der Waals surface area contributed by atoms with Crippen LogP contribution in [0.3, 0.4) is 0 Å². The lowest BCUT2D eigenvalue weighted by Crippen LogP contribution is -2.25. The molecule has 0 spiro atoms. The van der Waals surface area contributed by atoms with Crippen LogP contribution in [0.2, 0.25) is 5.02 Å². The number of hydrogen-bond acceptors (Lipinski definition) is 7. The first-order valence-electron chi connectivity index (χ1n) is 11.4. The number of hydrogen-bond donors (Lipinski definition) is 2. The molecule has 178 valence electrons. The van der Waals surface area contributed by atoms with Crippen molar-refractivity contribution >= 4 is 34.5 Å². The second kappa shape index (κ2) is 9.42. The molecule has 4 aromatic rings. The van der Waals surface area contributed by atoms with Gasteiger partial charge in [0.1, 0.15) is 5.65 Å². The van der Waals surface area contributed by atoms with Crippen molar-refractivity contribution in [3.63, 3.8) is 0 Å². The first kappa shape index (κ1) is 22.9. The maximum atomic E-state index is 13.7. The van der Waals surface area contributed by atoms with E-state index in [9.17, 15) is 9.59 Å². The van der Waals surface area contributed by atoms with Gasteiger partial charge in [0.15, 0.2) is 0 Å². The van der Waals surface area contributed by atoms with Crippen LogP contribution in [0.1, 0.15) is 18.5 Å². The van der Waals surface area contributed by atoms with Crippen LogP contribution in [0.4, 0.5) is 5.95 Å². The van der Waals surface area contributed by atoms with Gasteiger partial charge in [0.25, 0.3) is 5.56 Å². The van der Waals surface area contributed by atoms with Crippen LogP contribution < -0.4 is 16.2 Å². The summed E-state index contributed by atoms with van der Waals surface area (Å²) in [6.45, 7) is 2.93.